The van der Waals surface area contributed by atoms with Crippen LogP contribution in [0, 0.1) is 11.2 Å². The van der Waals surface area contributed by atoms with Gasteiger partial charge in [-0.25, -0.2) is 9.18 Å². The van der Waals surface area contributed by atoms with Gasteiger partial charge in [-0.2, -0.15) is 0 Å². The first-order chi connectivity index (χ1) is 15.8. The number of pyridine rings is 1. The SMILES string of the molecule is CC(C)Oc1cc(Cc2cccc(Cl)c2F)cc2c(=O)c(C(=O)O)cn([C@H](CO)C(C)(C)C)c12. The minimum absolute atomic E-state index is 0.0107. The van der Waals surface area contributed by atoms with Gasteiger partial charge in [0, 0.05) is 12.6 Å². The van der Waals surface area contributed by atoms with Crippen molar-refractivity contribution in [3.05, 3.63) is 74.3 Å². The van der Waals surface area contributed by atoms with Crippen molar-refractivity contribution in [3.63, 3.8) is 0 Å². The van der Waals surface area contributed by atoms with Gasteiger partial charge in [0.05, 0.1) is 34.7 Å². The Morgan fingerprint density at radius 3 is 2.47 bits per heavy atom. The molecule has 0 amide bonds. The summed E-state index contributed by atoms with van der Waals surface area (Å²) in [4.78, 5) is 25.2. The van der Waals surface area contributed by atoms with Gasteiger partial charge in [0.15, 0.2) is 0 Å². The van der Waals surface area contributed by atoms with Gasteiger partial charge in [-0.1, -0.05) is 44.5 Å². The van der Waals surface area contributed by atoms with Gasteiger partial charge in [-0.05, 0) is 48.6 Å². The van der Waals surface area contributed by atoms with Gasteiger partial charge < -0.3 is 19.5 Å². The van der Waals surface area contributed by atoms with Crippen molar-refractivity contribution in [1.29, 1.82) is 0 Å². The molecule has 0 fully saturated rings. The van der Waals surface area contributed by atoms with Gasteiger partial charge in [-0.3, -0.25) is 4.79 Å². The van der Waals surface area contributed by atoms with Gasteiger partial charge in [0.2, 0.25) is 5.43 Å². The number of aromatic carboxylic acids is 1. The number of rotatable bonds is 7. The number of aliphatic hydroxyl groups is 1. The Hall–Kier alpha value is -2.90. The molecule has 0 bridgehead atoms. The number of fused-ring (bicyclic) bond motifs is 1. The predicted molar refractivity (Wildman–Crippen MR) is 131 cm³/mol. The molecule has 0 saturated heterocycles. The maximum absolute atomic E-state index is 14.6. The topological polar surface area (TPSA) is 88.8 Å². The normalized spacial score (nSPS) is 12.9. The quantitative estimate of drug-likeness (QED) is 0.460. The van der Waals surface area contributed by atoms with Crippen LogP contribution in [0.25, 0.3) is 10.9 Å². The number of hydrogen-bond donors (Lipinski definition) is 2. The summed E-state index contributed by atoms with van der Waals surface area (Å²) in [5, 5.41) is 20.0. The molecule has 6 nitrogen and oxygen atoms in total. The molecular formula is C26H29ClFNO5. The number of carboxylic acids is 1. The van der Waals surface area contributed by atoms with Crippen LogP contribution in [0.1, 0.15) is 62.1 Å². The summed E-state index contributed by atoms with van der Waals surface area (Å²) < 4.78 is 22.2. The number of carbonyl (C=O) groups is 1. The lowest BCUT2D eigenvalue weighted by atomic mass is 9.86. The van der Waals surface area contributed by atoms with Crippen LogP contribution in [0.15, 0.2) is 41.3 Å². The molecule has 0 unspecified atom stereocenters. The third-order valence-electron chi connectivity index (χ3n) is 5.68. The Labute approximate surface area is 202 Å². The third kappa shape index (κ3) is 5.10. The molecule has 0 aliphatic carbocycles. The molecule has 0 aliphatic rings. The third-order valence-corrected chi connectivity index (χ3v) is 5.97. The molecule has 0 saturated carbocycles. The number of nitrogens with zero attached hydrogens (tertiary/aromatic N) is 1. The van der Waals surface area contributed by atoms with E-state index in [-0.39, 0.29) is 29.5 Å². The van der Waals surface area contributed by atoms with E-state index in [4.69, 9.17) is 16.3 Å². The van der Waals surface area contributed by atoms with Crippen molar-refractivity contribution in [2.24, 2.45) is 5.41 Å². The van der Waals surface area contributed by atoms with Crippen molar-refractivity contribution < 1.29 is 24.1 Å². The van der Waals surface area contributed by atoms with Gasteiger partial charge >= 0.3 is 5.97 Å². The Kier molecular flexibility index (Phi) is 7.38. The Morgan fingerprint density at radius 1 is 1.24 bits per heavy atom. The zero-order chi connectivity index (χ0) is 25.4. The van der Waals surface area contributed by atoms with E-state index in [1.807, 2.05) is 34.6 Å². The van der Waals surface area contributed by atoms with E-state index in [0.717, 1.165) is 0 Å². The van der Waals surface area contributed by atoms with Crippen LogP contribution in [0.2, 0.25) is 5.02 Å². The molecule has 0 aliphatic heterocycles. The summed E-state index contributed by atoms with van der Waals surface area (Å²) >= 11 is 5.93. The lowest BCUT2D eigenvalue weighted by Crippen LogP contribution is -2.31. The van der Waals surface area contributed by atoms with E-state index < -0.39 is 34.2 Å². The van der Waals surface area contributed by atoms with Crippen LogP contribution in [-0.2, 0) is 6.42 Å². The lowest BCUT2D eigenvalue weighted by Gasteiger charge is -2.33. The molecule has 34 heavy (non-hydrogen) atoms. The highest BCUT2D eigenvalue weighted by atomic mass is 35.5. The maximum atomic E-state index is 14.6. The Morgan fingerprint density at radius 2 is 1.91 bits per heavy atom. The molecule has 1 atom stereocenters. The van der Waals surface area contributed by atoms with Crippen LogP contribution in [0.4, 0.5) is 4.39 Å². The molecule has 182 valence electrons. The first-order valence-electron chi connectivity index (χ1n) is 11.0. The smallest absolute Gasteiger partial charge is 0.341 e. The zero-order valence-electron chi connectivity index (χ0n) is 19.9. The summed E-state index contributed by atoms with van der Waals surface area (Å²) in [5.74, 6) is -1.58. The number of ether oxygens (including phenoxy) is 1. The van der Waals surface area contributed by atoms with Gasteiger partial charge in [0.1, 0.15) is 17.1 Å². The number of halogens is 2. The fourth-order valence-electron chi connectivity index (χ4n) is 4.04. The fraction of sp³-hybridized carbons (Fsp3) is 0.385. The van der Waals surface area contributed by atoms with Crippen molar-refractivity contribution in [2.45, 2.75) is 53.2 Å². The van der Waals surface area contributed by atoms with E-state index in [2.05, 4.69) is 0 Å². The summed E-state index contributed by atoms with van der Waals surface area (Å²) in [7, 11) is 0. The largest absolute Gasteiger partial charge is 0.489 e. The average Bonchev–Trinajstić information content (AvgIpc) is 2.72. The number of aromatic nitrogens is 1. The van der Waals surface area contributed by atoms with E-state index in [1.54, 1.807) is 28.8 Å². The van der Waals surface area contributed by atoms with E-state index in [1.165, 1.54) is 12.3 Å². The molecule has 3 rings (SSSR count). The van der Waals surface area contributed by atoms with Crippen LogP contribution < -0.4 is 10.2 Å². The first-order valence-corrected chi connectivity index (χ1v) is 11.4. The second kappa shape index (κ2) is 9.76. The first kappa shape index (κ1) is 25.7. The summed E-state index contributed by atoms with van der Waals surface area (Å²) in [6.45, 7) is 9.12. The van der Waals surface area contributed by atoms with Crippen LogP contribution in [0.5, 0.6) is 5.75 Å². The fourth-order valence-corrected chi connectivity index (χ4v) is 4.23. The second-order valence-electron chi connectivity index (χ2n) is 9.70. The van der Waals surface area contributed by atoms with E-state index in [0.29, 0.717) is 22.4 Å². The number of benzene rings is 2. The van der Waals surface area contributed by atoms with Crippen molar-refractivity contribution in [1.82, 2.24) is 4.57 Å². The number of aliphatic hydroxyl groups excluding tert-OH is 1. The molecule has 0 spiro atoms. The monoisotopic (exact) mass is 489 g/mol. The molecule has 2 N–H and O–H groups in total. The molecule has 8 heteroatoms. The van der Waals surface area contributed by atoms with Crippen LogP contribution in [-0.4, -0.2) is 33.5 Å². The van der Waals surface area contributed by atoms with E-state index in [9.17, 15) is 24.2 Å². The highest BCUT2D eigenvalue weighted by Gasteiger charge is 2.30. The minimum atomic E-state index is -1.37. The van der Waals surface area contributed by atoms with Gasteiger partial charge in [-0.15, -0.1) is 0 Å². The Bertz CT molecular complexity index is 1290. The second-order valence-corrected chi connectivity index (χ2v) is 10.1. The average molecular weight is 490 g/mol. The lowest BCUT2D eigenvalue weighted by molar-refractivity contribution is 0.0692. The van der Waals surface area contributed by atoms with Crippen molar-refractivity contribution >= 4 is 28.5 Å². The van der Waals surface area contributed by atoms with Crippen LogP contribution in [0.3, 0.4) is 0 Å². The standard InChI is InChI=1S/C26H29ClFNO5/c1-14(2)34-20-11-15(9-16-7-6-8-19(27)22(16)28)10-17-23(20)29(21(13-30)26(3,4)5)12-18(24(17)31)25(32)33/h6-8,10-12,14,21,30H,9,13H2,1-5H3,(H,32,33)/t21-/m1/s1. The molecule has 1 aromatic heterocycles. The van der Waals surface area contributed by atoms with Crippen LogP contribution >= 0.6 is 11.6 Å². The van der Waals surface area contributed by atoms with E-state index >= 15 is 0 Å². The minimum Gasteiger partial charge on any atom is -0.489 e. The molecule has 0 radical (unpaired) electrons. The highest BCUT2D eigenvalue weighted by molar-refractivity contribution is 6.30. The highest BCUT2D eigenvalue weighted by Crippen LogP contribution is 2.37. The molecule has 2 aromatic carbocycles. The molecule has 3 aromatic rings. The Balaban J connectivity index is 2.40. The van der Waals surface area contributed by atoms with Gasteiger partial charge in [0.25, 0.3) is 0 Å². The summed E-state index contributed by atoms with van der Waals surface area (Å²) in [6.07, 6.45) is 1.13. The van der Waals surface area contributed by atoms with Crippen molar-refractivity contribution in [2.75, 3.05) is 6.61 Å². The summed E-state index contributed by atoms with van der Waals surface area (Å²) in [6, 6.07) is 7.42. The number of hydrogen-bond acceptors (Lipinski definition) is 4. The van der Waals surface area contributed by atoms with Crippen molar-refractivity contribution in [3.8, 4) is 5.75 Å². The zero-order valence-corrected chi connectivity index (χ0v) is 20.6. The predicted octanol–water partition coefficient (Wildman–Crippen LogP) is 5.45. The molecular weight excluding hydrogens is 461 g/mol. The summed E-state index contributed by atoms with van der Waals surface area (Å²) in [5.41, 5.74) is -0.285. The molecule has 1 heterocycles. The number of carboxylic acid groups (broad SMARTS) is 1. The maximum Gasteiger partial charge on any atom is 0.341 e.